The minimum Gasteiger partial charge on any atom is -0.337 e. The van der Waals surface area contributed by atoms with Crippen LogP contribution in [-0.4, -0.2) is 42.1 Å². The third kappa shape index (κ3) is 5.85. The topological polar surface area (TPSA) is 57.3 Å². The summed E-state index contributed by atoms with van der Waals surface area (Å²) in [5.41, 5.74) is 3.07. The van der Waals surface area contributed by atoms with Crippen molar-refractivity contribution >= 4 is 11.7 Å². The van der Waals surface area contributed by atoms with E-state index in [1.165, 1.54) is 19.3 Å². The number of urea groups is 1. The van der Waals surface area contributed by atoms with Crippen LogP contribution in [0.15, 0.2) is 48.7 Å². The van der Waals surface area contributed by atoms with E-state index in [4.69, 9.17) is 0 Å². The molecule has 2 amide bonds. The highest BCUT2D eigenvalue weighted by Crippen LogP contribution is 2.17. The number of anilines is 1. The van der Waals surface area contributed by atoms with Gasteiger partial charge in [0.15, 0.2) is 0 Å². The van der Waals surface area contributed by atoms with Crippen molar-refractivity contribution in [3.05, 3.63) is 59.9 Å². The second-order valence-corrected chi connectivity index (χ2v) is 6.76. The Morgan fingerprint density at radius 1 is 1.00 bits per heavy atom. The van der Waals surface area contributed by atoms with Crippen LogP contribution in [0.1, 0.15) is 30.5 Å². The zero-order valence-corrected chi connectivity index (χ0v) is 15.3. The SMILES string of the molecule is O=C(NCCN1CCCCC1)Nc1ccccc1CCc1ccccn1. The summed E-state index contributed by atoms with van der Waals surface area (Å²) in [7, 11) is 0. The standard InChI is InChI=1S/C21H28N4O/c26-21(23-14-17-25-15-6-1-7-16-25)24-20-10-3-2-8-18(20)11-12-19-9-4-5-13-22-19/h2-5,8-10,13H,1,6-7,11-12,14-17H2,(H2,23,24,26). The summed E-state index contributed by atoms with van der Waals surface area (Å²) in [6.45, 7) is 3.91. The Morgan fingerprint density at radius 3 is 2.62 bits per heavy atom. The molecule has 1 saturated heterocycles. The van der Waals surface area contributed by atoms with Gasteiger partial charge in [0, 0.05) is 30.7 Å². The number of benzene rings is 1. The molecule has 0 bridgehead atoms. The third-order valence-electron chi connectivity index (χ3n) is 4.80. The van der Waals surface area contributed by atoms with Crippen LogP contribution >= 0.6 is 0 Å². The van der Waals surface area contributed by atoms with Gasteiger partial charge in [-0.3, -0.25) is 4.98 Å². The van der Waals surface area contributed by atoms with Gasteiger partial charge in [-0.15, -0.1) is 0 Å². The maximum absolute atomic E-state index is 12.2. The normalized spacial score (nSPS) is 14.8. The summed E-state index contributed by atoms with van der Waals surface area (Å²) in [6.07, 6.45) is 7.40. The molecule has 5 nitrogen and oxygen atoms in total. The summed E-state index contributed by atoms with van der Waals surface area (Å²) in [5.74, 6) is 0. The first-order chi connectivity index (χ1) is 12.8. The Kier molecular flexibility index (Phi) is 7.02. The molecule has 0 atom stereocenters. The van der Waals surface area contributed by atoms with Gasteiger partial charge in [-0.25, -0.2) is 4.79 Å². The summed E-state index contributed by atoms with van der Waals surface area (Å²) in [4.78, 5) is 19.0. The highest BCUT2D eigenvalue weighted by molar-refractivity contribution is 5.90. The minimum absolute atomic E-state index is 0.132. The first-order valence-electron chi connectivity index (χ1n) is 9.56. The zero-order chi connectivity index (χ0) is 18.0. The number of carbonyl (C=O) groups excluding carboxylic acids is 1. The van der Waals surface area contributed by atoms with E-state index < -0.39 is 0 Å². The molecule has 0 radical (unpaired) electrons. The number of aromatic nitrogens is 1. The van der Waals surface area contributed by atoms with Gasteiger partial charge < -0.3 is 15.5 Å². The Bertz CT molecular complexity index is 683. The van der Waals surface area contributed by atoms with Gasteiger partial charge in [0.1, 0.15) is 0 Å². The number of carbonyl (C=O) groups is 1. The molecule has 3 rings (SSSR count). The van der Waals surface area contributed by atoms with Crippen molar-refractivity contribution in [2.24, 2.45) is 0 Å². The van der Waals surface area contributed by atoms with Crippen LogP contribution in [0.3, 0.4) is 0 Å². The molecule has 2 aromatic rings. The molecule has 2 heterocycles. The quantitative estimate of drug-likeness (QED) is 0.802. The number of hydrogen-bond acceptors (Lipinski definition) is 3. The first kappa shape index (κ1) is 18.4. The fourth-order valence-electron chi connectivity index (χ4n) is 3.35. The van der Waals surface area contributed by atoms with Crippen LogP contribution in [-0.2, 0) is 12.8 Å². The van der Waals surface area contributed by atoms with Gasteiger partial charge in [0.2, 0.25) is 0 Å². The number of para-hydroxylation sites is 1. The number of rotatable bonds is 7. The highest BCUT2D eigenvalue weighted by atomic mass is 16.2. The summed E-state index contributed by atoms with van der Waals surface area (Å²) in [5, 5.41) is 5.97. The van der Waals surface area contributed by atoms with E-state index in [2.05, 4.69) is 26.6 Å². The Morgan fingerprint density at radius 2 is 1.81 bits per heavy atom. The molecular formula is C21H28N4O. The van der Waals surface area contributed by atoms with Gasteiger partial charge in [-0.2, -0.15) is 0 Å². The number of amides is 2. The number of pyridine rings is 1. The molecule has 138 valence electrons. The van der Waals surface area contributed by atoms with Gasteiger partial charge >= 0.3 is 6.03 Å². The largest absolute Gasteiger partial charge is 0.337 e. The monoisotopic (exact) mass is 352 g/mol. The maximum atomic E-state index is 12.2. The lowest BCUT2D eigenvalue weighted by Crippen LogP contribution is -2.39. The lowest BCUT2D eigenvalue weighted by molar-refractivity contribution is 0.224. The fourth-order valence-corrected chi connectivity index (χ4v) is 3.35. The van der Waals surface area contributed by atoms with E-state index in [0.29, 0.717) is 6.54 Å². The fraction of sp³-hybridized carbons (Fsp3) is 0.429. The maximum Gasteiger partial charge on any atom is 0.319 e. The molecule has 26 heavy (non-hydrogen) atoms. The molecule has 2 N–H and O–H groups in total. The number of hydrogen-bond donors (Lipinski definition) is 2. The molecule has 1 aromatic heterocycles. The summed E-state index contributed by atoms with van der Waals surface area (Å²) in [6, 6.07) is 13.8. The first-order valence-corrected chi connectivity index (χ1v) is 9.56. The average Bonchev–Trinajstić information content (AvgIpc) is 2.69. The predicted octanol–water partition coefficient (Wildman–Crippen LogP) is 3.47. The lowest BCUT2D eigenvalue weighted by Gasteiger charge is -2.26. The molecule has 1 aliphatic heterocycles. The second-order valence-electron chi connectivity index (χ2n) is 6.76. The van der Waals surface area contributed by atoms with Crippen LogP contribution in [0.2, 0.25) is 0 Å². The second kappa shape index (κ2) is 9.92. The molecule has 1 aliphatic rings. The minimum atomic E-state index is -0.132. The van der Waals surface area contributed by atoms with E-state index in [1.54, 1.807) is 0 Å². The van der Waals surface area contributed by atoms with Crippen molar-refractivity contribution in [1.82, 2.24) is 15.2 Å². The smallest absolute Gasteiger partial charge is 0.319 e. The van der Waals surface area contributed by atoms with Crippen molar-refractivity contribution in [1.29, 1.82) is 0 Å². The van der Waals surface area contributed by atoms with E-state index in [0.717, 1.165) is 49.4 Å². The van der Waals surface area contributed by atoms with Crippen molar-refractivity contribution in [3.63, 3.8) is 0 Å². The Hall–Kier alpha value is -2.40. The zero-order valence-electron chi connectivity index (χ0n) is 15.3. The van der Waals surface area contributed by atoms with E-state index in [9.17, 15) is 4.79 Å². The number of aryl methyl sites for hydroxylation is 2. The van der Waals surface area contributed by atoms with Crippen molar-refractivity contribution in [2.45, 2.75) is 32.1 Å². The average molecular weight is 352 g/mol. The molecule has 5 heteroatoms. The third-order valence-corrected chi connectivity index (χ3v) is 4.80. The van der Waals surface area contributed by atoms with E-state index in [1.807, 2.05) is 42.6 Å². The Labute approximate surface area is 155 Å². The van der Waals surface area contributed by atoms with Crippen molar-refractivity contribution < 1.29 is 4.79 Å². The Balaban J connectivity index is 1.46. The van der Waals surface area contributed by atoms with Crippen LogP contribution in [0.4, 0.5) is 10.5 Å². The highest BCUT2D eigenvalue weighted by Gasteiger charge is 2.10. The summed E-state index contributed by atoms with van der Waals surface area (Å²) >= 11 is 0. The van der Waals surface area contributed by atoms with Crippen LogP contribution in [0, 0.1) is 0 Å². The molecule has 0 spiro atoms. The van der Waals surface area contributed by atoms with Crippen LogP contribution in [0.5, 0.6) is 0 Å². The summed E-state index contributed by atoms with van der Waals surface area (Å²) < 4.78 is 0. The molecule has 0 aliphatic carbocycles. The number of piperidine rings is 1. The predicted molar refractivity (Wildman–Crippen MR) is 105 cm³/mol. The molecule has 0 unspecified atom stereocenters. The lowest BCUT2D eigenvalue weighted by atomic mass is 10.1. The number of nitrogens with one attached hydrogen (secondary N) is 2. The molecule has 1 fully saturated rings. The molecule has 0 saturated carbocycles. The van der Waals surface area contributed by atoms with E-state index >= 15 is 0 Å². The molecule has 1 aromatic carbocycles. The van der Waals surface area contributed by atoms with Crippen LogP contribution in [0.25, 0.3) is 0 Å². The van der Waals surface area contributed by atoms with E-state index in [-0.39, 0.29) is 6.03 Å². The number of likely N-dealkylation sites (tertiary alicyclic amines) is 1. The van der Waals surface area contributed by atoms with Crippen molar-refractivity contribution in [3.8, 4) is 0 Å². The van der Waals surface area contributed by atoms with Crippen LogP contribution < -0.4 is 10.6 Å². The van der Waals surface area contributed by atoms with Gasteiger partial charge in [0.25, 0.3) is 0 Å². The number of nitrogens with zero attached hydrogens (tertiary/aromatic N) is 2. The van der Waals surface area contributed by atoms with Crippen molar-refractivity contribution in [2.75, 3.05) is 31.5 Å². The van der Waals surface area contributed by atoms with Gasteiger partial charge in [-0.05, 0) is 62.5 Å². The van der Waals surface area contributed by atoms with Gasteiger partial charge in [-0.1, -0.05) is 30.7 Å². The molecular weight excluding hydrogens is 324 g/mol. The van der Waals surface area contributed by atoms with Gasteiger partial charge in [0.05, 0.1) is 0 Å².